The van der Waals surface area contributed by atoms with Crippen molar-refractivity contribution in [2.24, 2.45) is 4.99 Å². The molecular weight excluding hydrogens is 528 g/mol. The molecule has 2 aliphatic heterocycles. The molecule has 9 nitrogen and oxygen atoms in total. The molecule has 1 atom stereocenters. The molecule has 0 radical (unpaired) electrons. The molecule has 1 N–H and O–H groups in total. The lowest BCUT2D eigenvalue weighted by atomic mass is 10.1. The number of nitrogens with zero attached hydrogens (tertiary/aromatic N) is 4. The van der Waals surface area contributed by atoms with Gasteiger partial charge in [-0.05, 0) is 51.3 Å². The number of aliphatic imine (C=N–C) groups is 1. The standard InChI is InChI=1S/C24H26ClF2N5O4S/c1-24(2)12-28-23(36-24)13-7-8-14(16(10-13)37(3,33)34)29-15-11-17(25)30-21-19(15)31-22(20(26)27)32(21)18-6-4-5-9-35-18/h7-8,10-11,18,20H,4-6,9,12H2,1-3H3,(H,29,30). The molecule has 3 aromatic rings. The smallest absolute Gasteiger partial charge is 0.295 e. The summed E-state index contributed by atoms with van der Waals surface area (Å²) in [6.45, 7) is 4.67. The molecule has 0 spiro atoms. The third kappa shape index (κ3) is 5.14. The van der Waals surface area contributed by atoms with Gasteiger partial charge in [0.25, 0.3) is 6.43 Å². The number of rotatable bonds is 6. The second-order valence-electron chi connectivity index (χ2n) is 9.72. The fraction of sp³-hybridized carbons (Fsp3) is 0.458. The van der Waals surface area contributed by atoms with E-state index in [0.29, 0.717) is 31.0 Å². The summed E-state index contributed by atoms with van der Waals surface area (Å²) in [5, 5.41) is 3.06. The Balaban J connectivity index is 1.60. The fourth-order valence-electron chi connectivity index (χ4n) is 4.46. The van der Waals surface area contributed by atoms with Crippen molar-refractivity contribution in [3.63, 3.8) is 0 Å². The van der Waals surface area contributed by atoms with E-state index in [2.05, 4.69) is 20.3 Å². The van der Waals surface area contributed by atoms with E-state index in [1.54, 1.807) is 12.1 Å². The van der Waals surface area contributed by atoms with Crippen molar-refractivity contribution in [1.82, 2.24) is 14.5 Å². The van der Waals surface area contributed by atoms with Gasteiger partial charge in [-0.1, -0.05) is 11.6 Å². The van der Waals surface area contributed by atoms with Crippen LogP contribution in [0.1, 0.15) is 57.2 Å². The third-order valence-electron chi connectivity index (χ3n) is 6.16. The molecule has 2 aromatic heterocycles. The van der Waals surface area contributed by atoms with Gasteiger partial charge in [0.05, 0.1) is 22.8 Å². The van der Waals surface area contributed by atoms with Crippen LogP contribution in [0.2, 0.25) is 5.15 Å². The number of imidazole rings is 1. The highest BCUT2D eigenvalue weighted by molar-refractivity contribution is 7.90. The van der Waals surface area contributed by atoms with Crippen LogP contribution >= 0.6 is 11.6 Å². The Morgan fingerprint density at radius 2 is 1.97 bits per heavy atom. The fourth-order valence-corrected chi connectivity index (χ4v) is 5.51. The largest absolute Gasteiger partial charge is 0.469 e. The molecule has 0 saturated carbocycles. The number of hydrogen-bond donors (Lipinski definition) is 1. The lowest BCUT2D eigenvalue weighted by Crippen LogP contribution is -2.24. The zero-order valence-electron chi connectivity index (χ0n) is 20.5. The third-order valence-corrected chi connectivity index (χ3v) is 7.49. The van der Waals surface area contributed by atoms with Gasteiger partial charge in [0.1, 0.15) is 22.5 Å². The highest BCUT2D eigenvalue weighted by Crippen LogP contribution is 2.37. The molecule has 2 aliphatic rings. The molecule has 0 aliphatic carbocycles. The number of sulfone groups is 1. The van der Waals surface area contributed by atoms with Gasteiger partial charge < -0.3 is 14.8 Å². The first kappa shape index (κ1) is 25.8. The minimum Gasteiger partial charge on any atom is -0.469 e. The maximum Gasteiger partial charge on any atom is 0.295 e. The van der Waals surface area contributed by atoms with Crippen LogP contribution in [0, 0.1) is 0 Å². The van der Waals surface area contributed by atoms with Crippen molar-refractivity contribution in [3.05, 3.63) is 40.8 Å². The van der Waals surface area contributed by atoms with Gasteiger partial charge in [-0.25, -0.2) is 32.2 Å². The first-order chi connectivity index (χ1) is 17.4. The van der Waals surface area contributed by atoms with Gasteiger partial charge in [0.2, 0.25) is 5.90 Å². The summed E-state index contributed by atoms with van der Waals surface area (Å²) in [5.74, 6) is -0.138. The van der Waals surface area contributed by atoms with Crippen molar-refractivity contribution < 1.29 is 26.7 Å². The number of ether oxygens (including phenoxy) is 2. The Labute approximate surface area is 217 Å². The SMILES string of the molecule is CC1(C)CN=C(c2ccc(Nc3cc(Cl)nc4c3nc(C(F)F)n4C3CCCCO3)c(S(C)(=O)=O)c2)O1. The van der Waals surface area contributed by atoms with Crippen LogP contribution in [0.25, 0.3) is 11.2 Å². The monoisotopic (exact) mass is 553 g/mol. The van der Waals surface area contributed by atoms with Crippen LogP contribution in [0.3, 0.4) is 0 Å². The second kappa shape index (κ2) is 9.48. The molecule has 198 valence electrons. The zero-order valence-corrected chi connectivity index (χ0v) is 22.0. The first-order valence-corrected chi connectivity index (χ1v) is 14.0. The minimum atomic E-state index is -3.72. The van der Waals surface area contributed by atoms with Crippen molar-refractivity contribution in [1.29, 1.82) is 0 Å². The first-order valence-electron chi connectivity index (χ1n) is 11.8. The molecule has 5 rings (SSSR count). The summed E-state index contributed by atoms with van der Waals surface area (Å²) in [6.07, 6.45) is -0.262. The zero-order chi connectivity index (χ0) is 26.5. The number of aromatic nitrogens is 3. The van der Waals surface area contributed by atoms with Crippen molar-refractivity contribution in [2.75, 3.05) is 24.7 Å². The van der Waals surface area contributed by atoms with E-state index in [9.17, 15) is 17.2 Å². The quantitative estimate of drug-likeness (QED) is 0.406. The molecule has 13 heteroatoms. The van der Waals surface area contributed by atoms with E-state index < -0.39 is 33.9 Å². The van der Waals surface area contributed by atoms with Crippen LogP contribution in [0.5, 0.6) is 0 Å². The van der Waals surface area contributed by atoms with Crippen LogP contribution in [0.15, 0.2) is 34.2 Å². The van der Waals surface area contributed by atoms with Gasteiger partial charge >= 0.3 is 0 Å². The van der Waals surface area contributed by atoms with Crippen LogP contribution in [0.4, 0.5) is 20.2 Å². The highest BCUT2D eigenvalue weighted by atomic mass is 35.5. The maximum atomic E-state index is 14.0. The molecule has 1 unspecified atom stereocenters. The van der Waals surface area contributed by atoms with Gasteiger partial charge in [-0.15, -0.1) is 0 Å². The number of anilines is 2. The molecular formula is C24H26ClF2N5O4S. The molecule has 4 heterocycles. The van der Waals surface area contributed by atoms with Crippen molar-refractivity contribution >= 4 is 49.9 Å². The van der Waals surface area contributed by atoms with Gasteiger partial charge in [0.15, 0.2) is 21.3 Å². The molecule has 1 saturated heterocycles. The highest BCUT2D eigenvalue weighted by Gasteiger charge is 2.31. The Bertz CT molecular complexity index is 1500. The van der Waals surface area contributed by atoms with E-state index in [0.717, 1.165) is 19.1 Å². The van der Waals surface area contributed by atoms with Crippen molar-refractivity contribution in [2.45, 2.75) is 56.3 Å². The Kier molecular flexibility index (Phi) is 6.61. The molecule has 37 heavy (non-hydrogen) atoms. The number of hydrogen-bond acceptors (Lipinski definition) is 8. The number of nitrogens with one attached hydrogen (secondary N) is 1. The van der Waals surface area contributed by atoms with E-state index in [-0.39, 0.29) is 32.6 Å². The Hall–Kier alpha value is -2.83. The Morgan fingerprint density at radius 1 is 1.19 bits per heavy atom. The van der Waals surface area contributed by atoms with E-state index in [4.69, 9.17) is 21.1 Å². The molecule has 1 fully saturated rings. The predicted octanol–water partition coefficient (Wildman–Crippen LogP) is 5.42. The van der Waals surface area contributed by atoms with Gasteiger partial charge in [-0.3, -0.25) is 4.57 Å². The average Bonchev–Trinajstić information content (AvgIpc) is 3.39. The number of fused-ring (bicyclic) bond motifs is 1. The normalized spacial score (nSPS) is 19.8. The summed E-state index contributed by atoms with van der Waals surface area (Å²) < 4.78 is 66.4. The van der Waals surface area contributed by atoms with E-state index >= 15 is 0 Å². The summed E-state index contributed by atoms with van der Waals surface area (Å²) in [6, 6.07) is 6.14. The summed E-state index contributed by atoms with van der Waals surface area (Å²) >= 11 is 6.29. The van der Waals surface area contributed by atoms with Crippen LogP contribution in [-0.4, -0.2) is 53.9 Å². The van der Waals surface area contributed by atoms with E-state index in [1.807, 2.05) is 13.8 Å². The lowest BCUT2D eigenvalue weighted by Gasteiger charge is -2.25. The number of halogens is 3. The van der Waals surface area contributed by atoms with Crippen molar-refractivity contribution in [3.8, 4) is 0 Å². The molecule has 0 bridgehead atoms. The Morgan fingerprint density at radius 3 is 2.59 bits per heavy atom. The summed E-state index contributed by atoms with van der Waals surface area (Å²) in [7, 11) is -3.72. The topological polar surface area (TPSA) is 108 Å². The van der Waals surface area contributed by atoms with Crippen LogP contribution in [-0.2, 0) is 19.3 Å². The number of pyridine rings is 1. The van der Waals surface area contributed by atoms with Gasteiger partial charge in [-0.2, -0.15) is 0 Å². The minimum absolute atomic E-state index is 0.0220. The van der Waals surface area contributed by atoms with Crippen LogP contribution < -0.4 is 5.32 Å². The summed E-state index contributed by atoms with van der Waals surface area (Å²) in [4.78, 5) is 12.8. The second-order valence-corrected chi connectivity index (χ2v) is 12.1. The van der Waals surface area contributed by atoms with E-state index in [1.165, 1.54) is 16.7 Å². The predicted molar refractivity (Wildman–Crippen MR) is 136 cm³/mol. The molecule has 1 aromatic carbocycles. The molecule has 0 amide bonds. The maximum absolute atomic E-state index is 14.0. The number of alkyl halides is 2. The van der Waals surface area contributed by atoms with Gasteiger partial charge in [0, 0.05) is 24.5 Å². The summed E-state index contributed by atoms with van der Waals surface area (Å²) in [5.41, 5.74) is 0.733. The lowest BCUT2D eigenvalue weighted by molar-refractivity contribution is -0.0363. The number of benzene rings is 1. The average molecular weight is 554 g/mol.